The number of nitrogens with one attached hydrogen (secondary N) is 2. The average molecular weight is 300 g/mol. The van der Waals surface area contributed by atoms with Gasteiger partial charge in [0.25, 0.3) is 0 Å². The highest BCUT2D eigenvalue weighted by molar-refractivity contribution is 5.74. The number of aromatic nitrogens is 2. The van der Waals surface area contributed by atoms with Gasteiger partial charge in [-0.2, -0.15) is 0 Å². The van der Waals surface area contributed by atoms with Crippen LogP contribution in [0.5, 0.6) is 0 Å². The zero-order valence-electron chi connectivity index (χ0n) is 13.4. The normalized spacial score (nSPS) is 13.4. The second kappa shape index (κ2) is 7.64. The summed E-state index contributed by atoms with van der Waals surface area (Å²) in [5.74, 6) is 0. The minimum absolute atomic E-state index is 0.110. The highest BCUT2D eigenvalue weighted by atomic mass is 16.2. The molecule has 0 aliphatic rings. The molecule has 2 rings (SSSR count). The Morgan fingerprint density at radius 2 is 2.05 bits per heavy atom. The molecule has 5 nitrogen and oxygen atoms in total. The second-order valence-electron chi connectivity index (χ2n) is 5.64. The molecule has 2 atom stereocenters. The lowest BCUT2D eigenvalue weighted by molar-refractivity contribution is 0.234. The van der Waals surface area contributed by atoms with E-state index in [0.29, 0.717) is 0 Å². The standard InChI is InChI=1S/C17H24N4O/c1-13(9-10-15-7-6-12-21(15)3)19-17(22)20-14(2)16-8-4-5-11-18-16/h4-8,11-14H,9-10H2,1-3H3,(H2,19,20,22)/t13-,14+/m1/s1. The Morgan fingerprint density at radius 1 is 1.23 bits per heavy atom. The SMILES string of the molecule is C[C@H](CCc1cccn1C)NC(=O)N[C@@H](C)c1ccccn1. The van der Waals surface area contributed by atoms with Gasteiger partial charge >= 0.3 is 6.03 Å². The van der Waals surface area contributed by atoms with Gasteiger partial charge in [0.1, 0.15) is 0 Å². The summed E-state index contributed by atoms with van der Waals surface area (Å²) in [5.41, 5.74) is 2.13. The number of carbonyl (C=O) groups is 1. The number of carbonyl (C=O) groups excluding carboxylic acids is 1. The highest BCUT2D eigenvalue weighted by Gasteiger charge is 2.12. The number of amides is 2. The van der Waals surface area contributed by atoms with E-state index < -0.39 is 0 Å². The monoisotopic (exact) mass is 300 g/mol. The molecule has 2 aromatic rings. The molecule has 0 unspecified atom stereocenters. The van der Waals surface area contributed by atoms with Gasteiger partial charge in [0.05, 0.1) is 11.7 Å². The van der Waals surface area contributed by atoms with Crippen LogP contribution in [0.1, 0.15) is 37.7 Å². The van der Waals surface area contributed by atoms with Gasteiger partial charge in [0.15, 0.2) is 0 Å². The minimum atomic E-state index is -0.155. The predicted octanol–water partition coefficient (Wildman–Crippen LogP) is 2.80. The third-order valence-electron chi connectivity index (χ3n) is 3.74. The quantitative estimate of drug-likeness (QED) is 0.862. The van der Waals surface area contributed by atoms with Crippen molar-refractivity contribution in [2.24, 2.45) is 7.05 Å². The van der Waals surface area contributed by atoms with Crippen LogP contribution in [-0.2, 0) is 13.5 Å². The van der Waals surface area contributed by atoms with Crippen molar-refractivity contribution in [3.8, 4) is 0 Å². The van der Waals surface area contributed by atoms with Gasteiger partial charge in [-0.3, -0.25) is 4.98 Å². The molecule has 2 aromatic heterocycles. The lowest BCUT2D eigenvalue weighted by atomic mass is 10.1. The van der Waals surface area contributed by atoms with Gasteiger partial charge in [0.2, 0.25) is 0 Å². The molecule has 0 bridgehead atoms. The number of hydrogen-bond donors (Lipinski definition) is 2. The molecule has 2 heterocycles. The average Bonchev–Trinajstić information content (AvgIpc) is 2.91. The van der Waals surface area contributed by atoms with Gasteiger partial charge in [0, 0.05) is 31.2 Å². The van der Waals surface area contributed by atoms with E-state index >= 15 is 0 Å². The highest BCUT2D eigenvalue weighted by Crippen LogP contribution is 2.08. The Balaban J connectivity index is 1.75. The van der Waals surface area contributed by atoms with Gasteiger partial charge in [-0.15, -0.1) is 0 Å². The summed E-state index contributed by atoms with van der Waals surface area (Å²) in [6, 6.07) is 9.68. The first kappa shape index (κ1) is 16.1. The molecular weight excluding hydrogens is 276 g/mol. The second-order valence-corrected chi connectivity index (χ2v) is 5.64. The van der Waals surface area contributed by atoms with Crippen LogP contribution >= 0.6 is 0 Å². The van der Waals surface area contributed by atoms with Crippen LogP contribution in [0.2, 0.25) is 0 Å². The lowest BCUT2D eigenvalue weighted by Crippen LogP contribution is -2.42. The van der Waals surface area contributed by atoms with Crippen LogP contribution in [0.4, 0.5) is 4.79 Å². The summed E-state index contributed by atoms with van der Waals surface area (Å²) in [7, 11) is 2.04. The predicted molar refractivity (Wildman–Crippen MR) is 87.5 cm³/mol. The smallest absolute Gasteiger partial charge is 0.315 e. The van der Waals surface area contributed by atoms with E-state index in [-0.39, 0.29) is 18.1 Å². The fourth-order valence-corrected chi connectivity index (χ4v) is 2.36. The summed E-state index contributed by atoms with van der Waals surface area (Å²) in [5, 5.41) is 5.89. The maximum Gasteiger partial charge on any atom is 0.315 e. The zero-order chi connectivity index (χ0) is 15.9. The Hall–Kier alpha value is -2.30. The van der Waals surface area contributed by atoms with E-state index in [9.17, 15) is 4.79 Å². The fraction of sp³-hybridized carbons (Fsp3) is 0.412. The minimum Gasteiger partial charge on any atom is -0.354 e. The largest absolute Gasteiger partial charge is 0.354 e. The summed E-state index contributed by atoms with van der Waals surface area (Å²) in [6.45, 7) is 3.95. The van der Waals surface area contributed by atoms with Gasteiger partial charge in [-0.1, -0.05) is 6.07 Å². The van der Waals surface area contributed by atoms with Crippen LogP contribution in [0.3, 0.4) is 0 Å². The third-order valence-corrected chi connectivity index (χ3v) is 3.74. The molecule has 0 spiro atoms. The first-order chi connectivity index (χ1) is 10.6. The number of rotatable bonds is 6. The number of aryl methyl sites for hydroxylation is 2. The van der Waals surface area contributed by atoms with Crippen LogP contribution in [0, 0.1) is 0 Å². The molecule has 2 amide bonds. The number of urea groups is 1. The summed E-state index contributed by atoms with van der Waals surface area (Å²) in [6.07, 6.45) is 5.62. The molecule has 0 aliphatic carbocycles. The molecular formula is C17H24N4O. The molecule has 118 valence electrons. The van der Waals surface area contributed by atoms with Crippen LogP contribution in [0.25, 0.3) is 0 Å². The number of nitrogens with zero attached hydrogens (tertiary/aromatic N) is 2. The van der Waals surface area contributed by atoms with E-state index in [1.807, 2.05) is 51.4 Å². The van der Waals surface area contributed by atoms with Gasteiger partial charge in [-0.25, -0.2) is 4.79 Å². The first-order valence-electron chi connectivity index (χ1n) is 7.64. The fourth-order valence-electron chi connectivity index (χ4n) is 2.36. The van der Waals surface area contributed by atoms with Crippen molar-refractivity contribution in [3.63, 3.8) is 0 Å². The molecule has 0 radical (unpaired) electrons. The Bertz CT molecular complexity index is 594. The van der Waals surface area contributed by atoms with E-state index in [1.165, 1.54) is 5.69 Å². The lowest BCUT2D eigenvalue weighted by Gasteiger charge is -2.18. The van der Waals surface area contributed by atoms with Crippen molar-refractivity contribution in [1.29, 1.82) is 0 Å². The topological polar surface area (TPSA) is 59.0 Å². The summed E-state index contributed by atoms with van der Waals surface area (Å²) >= 11 is 0. The molecule has 2 N–H and O–H groups in total. The van der Waals surface area contributed by atoms with E-state index in [4.69, 9.17) is 0 Å². The van der Waals surface area contributed by atoms with Gasteiger partial charge in [-0.05, 0) is 51.0 Å². The van der Waals surface area contributed by atoms with Crippen molar-refractivity contribution >= 4 is 6.03 Å². The van der Waals surface area contributed by atoms with Crippen molar-refractivity contribution in [2.45, 2.75) is 38.8 Å². The maximum atomic E-state index is 12.0. The van der Waals surface area contributed by atoms with E-state index in [2.05, 4.69) is 26.3 Å². The molecule has 5 heteroatoms. The van der Waals surface area contributed by atoms with Crippen molar-refractivity contribution in [3.05, 3.63) is 54.1 Å². The number of pyridine rings is 1. The van der Waals surface area contributed by atoms with Crippen molar-refractivity contribution in [1.82, 2.24) is 20.2 Å². The molecule has 0 aliphatic heterocycles. The summed E-state index contributed by atoms with van der Waals surface area (Å²) < 4.78 is 2.11. The Labute approximate surface area is 131 Å². The first-order valence-corrected chi connectivity index (χ1v) is 7.64. The van der Waals surface area contributed by atoms with Gasteiger partial charge < -0.3 is 15.2 Å². The van der Waals surface area contributed by atoms with E-state index in [0.717, 1.165) is 18.5 Å². The van der Waals surface area contributed by atoms with Crippen LogP contribution < -0.4 is 10.6 Å². The van der Waals surface area contributed by atoms with Crippen LogP contribution in [0.15, 0.2) is 42.7 Å². The number of hydrogen-bond acceptors (Lipinski definition) is 2. The summed E-state index contributed by atoms with van der Waals surface area (Å²) in [4.78, 5) is 16.3. The van der Waals surface area contributed by atoms with Crippen molar-refractivity contribution in [2.75, 3.05) is 0 Å². The van der Waals surface area contributed by atoms with Crippen LogP contribution in [-0.4, -0.2) is 21.6 Å². The molecule has 0 saturated carbocycles. The Kier molecular flexibility index (Phi) is 5.58. The molecule has 0 fully saturated rings. The molecule has 22 heavy (non-hydrogen) atoms. The molecule has 0 saturated heterocycles. The molecule has 0 aromatic carbocycles. The third kappa shape index (κ3) is 4.62. The van der Waals surface area contributed by atoms with E-state index in [1.54, 1.807) is 6.20 Å². The maximum absolute atomic E-state index is 12.0. The van der Waals surface area contributed by atoms with Crippen molar-refractivity contribution < 1.29 is 4.79 Å². The zero-order valence-corrected chi connectivity index (χ0v) is 13.4. The Morgan fingerprint density at radius 3 is 2.68 bits per heavy atom.